The van der Waals surface area contributed by atoms with Gasteiger partial charge in [-0.15, -0.1) is 0 Å². The van der Waals surface area contributed by atoms with Crippen LogP contribution in [0.5, 0.6) is 0 Å². The standard InChI is InChI=1S/C12H15IN2O2/c1-12(2)6-8(12)7-14-11-4-3-9(15(16)17)5-10(11)13/h3-5,8,14H,6-7H2,1-2H3. The van der Waals surface area contributed by atoms with Gasteiger partial charge in [0.1, 0.15) is 0 Å². The average molecular weight is 346 g/mol. The molecule has 1 aromatic rings. The Morgan fingerprint density at radius 3 is 2.71 bits per heavy atom. The quantitative estimate of drug-likeness (QED) is 0.514. The number of nitro benzene ring substituents is 1. The van der Waals surface area contributed by atoms with Crippen molar-refractivity contribution in [2.75, 3.05) is 11.9 Å². The van der Waals surface area contributed by atoms with Crippen molar-refractivity contribution in [3.63, 3.8) is 0 Å². The van der Waals surface area contributed by atoms with Crippen LogP contribution in [0.1, 0.15) is 20.3 Å². The fourth-order valence-corrected chi connectivity index (χ4v) is 2.61. The first-order valence-electron chi connectivity index (χ1n) is 5.58. The molecule has 1 aliphatic rings. The van der Waals surface area contributed by atoms with Crippen molar-refractivity contribution in [2.45, 2.75) is 20.3 Å². The number of nitrogens with one attached hydrogen (secondary N) is 1. The van der Waals surface area contributed by atoms with E-state index in [1.165, 1.54) is 6.42 Å². The van der Waals surface area contributed by atoms with Crippen molar-refractivity contribution in [3.8, 4) is 0 Å². The van der Waals surface area contributed by atoms with Crippen LogP contribution in [0.3, 0.4) is 0 Å². The second-order valence-electron chi connectivity index (χ2n) is 5.19. The predicted octanol–water partition coefficient (Wildman–Crippen LogP) is 3.66. The van der Waals surface area contributed by atoms with Gasteiger partial charge in [-0.25, -0.2) is 0 Å². The number of non-ortho nitro benzene ring substituents is 1. The summed E-state index contributed by atoms with van der Waals surface area (Å²) >= 11 is 2.13. The van der Waals surface area contributed by atoms with Gasteiger partial charge in [-0.05, 0) is 46.4 Å². The second-order valence-corrected chi connectivity index (χ2v) is 6.35. The van der Waals surface area contributed by atoms with Crippen LogP contribution in [0, 0.1) is 25.0 Å². The van der Waals surface area contributed by atoms with E-state index in [9.17, 15) is 10.1 Å². The summed E-state index contributed by atoms with van der Waals surface area (Å²) in [7, 11) is 0. The highest BCUT2D eigenvalue weighted by molar-refractivity contribution is 14.1. The number of hydrogen-bond acceptors (Lipinski definition) is 3. The molecule has 0 saturated heterocycles. The van der Waals surface area contributed by atoms with Gasteiger partial charge >= 0.3 is 0 Å². The number of rotatable bonds is 4. The van der Waals surface area contributed by atoms with Crippen LogP contribution >= 0.6 is 22.6 Å². The van der Waals surface area contributed by atoms with Crippen LogP contribution in [0.2, 0.25) is 0 Å². The highest BCUT2D eigenvalue weighted by atomic mass is 127. The Morgan fingerprint density at radius 2 is 2.24 bits per heavy atom. The Bertz CT molecular complexity index is 460. The van der Waals surface area contributed by atoms with Gasteiger partial charge in [-0.1, -0.05) is 13.8 Å². The van der Waals surface area contributed by atoms with Crippen LogP contribution in [-0.2, 0) is 0 Å². The molecule has 1 fully saturated rings. The molecule has 0 radical (unpaired) electrons. The SMILES string of the molecule is CC1(C)CC1CNc1ccc([N+](=O)[O-])cc1I. The molecule has 0 spiro atoms. The molecular weight excluding hydrogens is 331 g/mol. The van der Waals surface area contributed by atoms with Gasteiger partial charge in [-0.3, -0.25) is 10.1 Å². The van der Waals surface area contributed by atoms with E-state index in [0.717, 1.165) is 15.8 Å². The van der Waals surface area contributed by atoms with E-state index in [4.69, 9.17) is 0 Å². The fourth-order valence-electron chi connectivity index (χ4n) is 1.92. The molecule has 1 unspecified atom stereocenters. The molecule has 1 atom stereocenters. The molecular formula is C12H15IN2O2. The van der Waals surface area contributed by atoms with Gasteiger partial charge in [0, 0.05) is 27.9 Å². The molecule has 0 bridgehead atoms. The molecule has 2 rings (SSSR count). The van der Waals surface area contributed by atoms with Gasteiger partial charge in [0.25, 0.3) is 5.69 Å². The number of benzene rings is 1. The maximum Gasteiger partial charge on any atom is 0.270 e. The lowest BCUT2D eigenvalue weighted by molar-refractivity contribution is -0.384. The number of anilines is 1. The number of halogens is 1. The number of nitrogens with zero attached hydrogens (tertiary/aromatic N) is 1. The van der Waals surface area contributed by atoms with E-state index in [2.05, 4.69) is 41.8 Å². The smallest absolute Gasteiger partial charge is 0.270 e. The van der Waals surface area contributed by atoms with E-state index in [1.807, 2.05) is 0 Å². The molecule has 92 valence electrons. The predicted molar refractivity (Wildman–Crippen MR) is 76.2 cm³/mol. The maximum absolute atomic E-state index is 10.6. The molecule has 5 heteroatoms. The van der Waals surface area contributed by atoms with Crippen molar-refractivity contribution >= 4 is 34.0 Å². The molecule has 1 N–H and O–H groups in total. The lowest BCUT2D eigenvalue weighted by Crippen LogP contribution is -2.08. The van der Waals surface area contributed by atoms with Gasteiger partial charge in [0.2, 0.25) is 0 Å². The summed E-state index contributed by atoms with van der Waals surface area (Å²) in [6.07, 6.45) is 1.25. The van der Waals surface area contributed by atoms with Crippen molar-refractivity contribution in [1.82, 2.24) is 0 Å². The summed E-state index contributed by atoms with van der Waals surface area (Å²) in [6, 6.07) is 4.93. The third kappa shape index (κ3) is 2.88. The van der Waals surface area contributed by atoms with Crippen molar-refractivity contribution in [2.24, 2.45) is 11.3 Å². The molecule has 17 heavy (non-hydrogen) atoms. The molecule has 0 amide bonds. The van der Waals surface area contributed by atoms with Crippen molar-refractivity contribution < 1.29 is 4.92 Å². The molecule has 1 aromatic carbocycles. The van der Waals surface area contributed by atoms with E-state index in [1.54, 1.807) is 18.2 Å². The first-order chi connectivity index (χ1) is 7.90. The number of nitro groups is 1. The summed E-state index contributed by atoms with van der Waals surface area (Å²) < 4.78 is 0.898. The van der Waals surface area contributed by atoms with Crippen molar-refractivity contribution in [1.29, 1.82) is 0 Å². The van der Waals surface area contributed by atoms with Gasteiger partial charge in [0.05, 0.1) is 4.92 Å². The highest BCUT2D eigenvalue weighted by Crippen LogP contribution is 2.51. The average Bonchev–Trinajstić information content (AvgIpc) is 2.84. The Kier molecular flexibility index (Phi) is 3.29. The molecule has 0 aliphatic heterocycles. The first kappa shape index (κ1) is 12.6. The van der Waals surface area contributed by atoms with Crippen LogP contribution in [0.25, 0.3) is 0 Å². The normalized spacial score (nSPS) is 21.0. The van der Waals surface area contributed by atoms with Crippen LogP contribution in [0.4, 0.5) is 11.4 Å². The summed E-state index contributed by atoms with van der Waals surface area (Å²) in [5.74, 6) is 0.716. The minimum atomic E-state index is -0.365. The first-order valence-corrected chi connectivity index (χ1v) is 6.66. The monoisotopic (exact) mass is 346 g/mol. The van der Waals surface area contributed by atoms with E-state index >= 15 is 0 Å². The van der Waals surface area contributed by atoms with E-state index < -0.39 is 0 Å². The second kappa shape index (κ2) is 4.44. The lowest BCUT2D eigenvalue weighted by Gasteiger charge is -2.09. The zero-order valence-electron chi connectivity index (χ0n) is 9.87. The molecule has 4 nitrogen and oxygen atoms in total. The zero-order valence-corrected chi connectivity index (χ0v) is 12.0. The largest absolute Gasteiger partial charge is 0.384 e. The van der Waals surface area contributed by atoms with Crippen molar-refractivity contribution in [3.05, 3.63) is 31.9 Å². The topological polar surface area (TPSA) is 55.2 Å². The fraction of sp³-hybridized carbons (Fsp3) is 0.500. The highest BCUT2D eigenvalue weighted by Gasteiger charge is 2.44. The summed E-state index contributed by atoms with van der Waals surface area (Å²) in [5, 5.41) is 14.0. The lowest BCUT2D eigenvalue weighted by atomic mass is 10.1. The van der Waals surface area contributed by atoms with E-state index in [-0.39, 0.29) is 10.6 Å². The molecule has 1 aliphatic carbocycles. The molecule has 0 heterocycles. The van der Waals surface area contributed by atoms with Gasteiger partial charge in [0.15, 0.2) is 0 Å². The Hall–Kier alpha value is -0.850. The summed E-state index contributed by atoms with van der Waals surface area (Å²) in [4.78, 5) is 10.2. The molecule has 0 aromatic heterocycles. The molecule has 1 saturated carbocycles. The van der Waals surface area contributed by atoms with Gasteiger partial charge in [-0.2, -0.15) is 0 Å². The summed E-state index contributed by atoms with van der Waals surface area (Å²) in [6.45, 7) is 5.47. The van der Waals surface area contributed by atoms with Crippen LogP contribution in [-0.4, -0.2) is 11.5 Å². The minimum absolute atomic E-state index is 0.145. The summed E-state index contributed by atoms with van der Waals surface area (Å²) in [5.41, 5.74) is 1.59. The third-order valence-electron chi connectivity index (χ3n) is 3.42. The van der Waals surface area contributed by atoms with Crippen LogP contribution < -0.4 is 5.32 Å². The maximum atomic E-state index is 10.6. The Balaban J connectivity index is 2.00. The Morgan fingerprint density at radius 1 is 1.59 bits per heavy atom. The minimum Gasteiger partial charge on any atom is -0.384 e. The zero-order chi connectivity index (χ0) is 12.6. The van der Waals surface area contributed by atoms with Crippen LogP contribution in [0.15, 0.2) is 18.2 Å². The van der Waals surface area contributed by atoms with Gasteiger partial charge < -0.3 is 5.32 Å². The third-order valence-corrected chi connectivity index (χ3v) is 4.31. The number of hydrogen-bond donors (Lipinski definition) is 1. The van der Waals surface area contributed by atoms with E-state index in [0.29, 0.717) is 11.3 Å². The Labute approximate surface area is 114 Å².